The van der Waals surface area contributed by atoms with Crippen LogP contribution in [0.2, 0.25) is 0 Å². The number of fused-ring (bicyclic) bond motifs is 2. The van der Waals surface area contributed by atoms with Crippen LogP contribution in [0.4, 0.5) is 29.5 Å². The lowest BCUT2D eigenvalue weighted by Crippen LogP contribution is -2.37. The Morgan fingerprint density at radius 2 is 1.37 bits per heavy atom. The number of hydrogen-bond donors (Lipinski definition) is 8. The van der Waals surface area contributed by atoms with Crippen LogP contribution in [0.15, 0.2) is 67.2 Å². The maximum Gasteiger partial charge on any atom is 0.417 e. The zero-order valence-electron chi connectivity index (χ0n) is 53.7. The number of aliphatic hydroxyl groups excluding tert-OH is 3. The molecule has 0 fully saturated rings. The predicted molar refractivity (Wildman–Crippen MR) is 338 cm³/mol. The highest BCUT2D eigenvalue weighted by Gasteiger charge is 2.40. The summed E-state index contributed by atoms with van der Waals surface area (Å²) in [5.41, 5.74) is 1.13. The highest BCUT2D eigenvalue weighted by molar-refractivity contribution is 6.03. The molecule has 22 nitrogen and oxygen atoms in total. The molecule has 7 rings (SSSR count). The lowest BCUT2D eigenvalue weighted by atomic mass is 10.0. The first kappa shape index (κ1) is 72.6. The number of aryl methyl sites for hydroxylation is 5. The van der Waals surface area contributed by atoms with Gasteiger partial charge in [0.25, 0.3) is 33.8 Å². The van der Waals surface area contributed by atoms with Crippen molar-refractivity contribution in [2.24, 2.45) is 5.92 Å². The standard InChI is InChI=1S/C21H24F3N3O3.C16H23N3O3.C14H19N3O3.C13H18N2O2/c1-9-7-10(2)17(11(3)8-9)26-18-15(16(21(22,23)24)12(4)19(26)29)20(30)27(25-18)13(5)14(6)28;1-5-6-7-8-9-10-18-16(22)19-14(20)12(3)11(2)13(17-4)15(19)21;1-5-10(18)9-6-15-11-8(4)13(19)17(7(2)3)14(20)12(11)16-9;1-8(2)12(16)10(4)13(17)15-11-7-9(3)5-6-14-11/h7-8,13-14,25,28H,1-6H3;20H,5-10H2,1-3H3,(H,18,22);6-7,10,18-19H,5H2,1-4H3;5-8,16H,1-4H3,(H,14,15,17). The summed E-state index contributed by atoms with van der Waals surface area (Å²) in [6.07, 6.45) is 2.19. The van der Waals surface area contributed by atoms with E-state index in [4.69, 9.17) is 6.57 Å². The van der Waals surface area contributed by atoms with Gasteiger partial charge in [0.2, 0.25) is 5.88 Å². The highest BCUT2D eigenvalue weighted by atomic mass is 19.4. The number of rotatable bonds is 15. The first-order valence-corrected chi connectivity index (χ1v) is 29.3. The van der Waals surface area contributed by atoms with Gasteiger partial charge in [0, 0.05) is 41.4 Å². The molecular weight excluding hydrogens is 1160 g/mol. The van der Waals surface area contributed by atoms with Gasteiger partial charge < -0.3 is 36.2 Å². The number of allylic oxidation sites excluding steroid dienone is 1. The third-order valence-corrected chi connectivity index (χ3v) is 15.1. The summed E-state index contributed by atoms with van der Waals surface area (Å²) >= 11 is 0. The smallest absolute Gasteiger partial charge is 0.417 e. The molecule has 3 unspecified atom stereocenters. The highest BCUT2D eigenvalue weighted by Crippen LogP contribution is 2.36. The van der Waals surface area contributed by atoms with E-state index in [0.717, 1.165) is 53.0 Å². The van der Waals surface area contributed by atoms with Crippen LogP contribution < -0.4 is 32.9 Å². The van der Waals surface area contributed by atoms with E-state index in [2.05, 4.69) is 42.5 Å². The zero-order valence-corrected chi connectivity index (χ0v) is 53.7. The van der Waals surface area contributed by atoms with Gasteiger partial charge in [-0.25, -0.2) is 28.9 Å². The fraction of sp³-hybridized carbons (Fsp3) is 0.469. The number of nitrogens with zero attached hydrogens (tertiary/aromatic N) is 8. The number of benzene rings is 1. The van der Waals surface area contributed by atoms with E-state index in [-0.39, 0.29) is 46.4 Å². The topological polar surface area (TPSA) is 306 Å². The number of hydrogen-bond acceptors (Lipinski definition) is 14. The number of aromatic nitrogens is 8. The van der Waals surface area contributed by atoms with E-state index in [1.54, 1.807) is 53.8 Å². The number of H-pyrrole nitrogens is 1. The molecule has 0 saturated carbocycles. The van der Waals surface area contributed by atoms with Crippen LogP contribution in [-0.2, 0) is 11.0 Å². The van der Waals surface area contributed by atoms with Gasteiger partial charge in [-0.1, -0.05) is 71.1 Å². The van der Waals surface area contributed by atoms with Crippen molar-refractivity contribution in [1.82, 2.24) is 43.8 Å². The zero-order chi connectivity index (χ0) is 67.4. The first-order chi connectivity index (χ1) is 41.5. The normalized spacial score (nSPS) is 12.7. The number of carbonyl (C=O) groups excluding carboxylic acids is 2. The van der Waals surface area contributed by atoms with Gasteiger partial charge >= 0.3 is 12.2 Å². The Bertz CT molecular complexity index is 4050. The molecule has 0 spiro atoms. The molecule has 0 saturated heterocycles. The van der Waals surface area contributed by atoms with E-state index >= 15 is 0 Å². The number of aromatic amines is 1. The van der Waals surface area contributed by atoms with Crippen molar-refractivity contribution in [3.05, 3.63) is 157 Å². The minimum Gasteiger partial charge on any atom is -0.512 e. The molecule has 0 bridgehead atoms. The minimum atomic E-state index is -4.90. The summed E-state index contributed by atoms with van der Waals surface area (Å²) in [4.78, 5) is 90.2. The first-order valence-electron chi connectivity index (χ1n) is 29.3. The molecule has 1 aromatic carbocycles. The maximum atomic E-state index is 13.9. The average molecular weight is 1240 g/mol. The van der Waals surface area contributed by atoms with Gasteiger partial charge in [-0.15, -0.1) is 0 Å². The Kier molecular flexibility index (Phi) is 25.1. The molecule has 7 aromatic rings. The molecule has 89 heavy (non-hydrogen) atoms. The maximum absolute atomic E-state index is 13.9. The van der Waals surface area contributed by atoms with Crippen LogP contribution >= 0.6 is 0 Å². The molecule has 0 aliphatic carbocycles. The van der Waals surface area contributed by atoms with Gasteiger partial charge in [-0.3, -0.25) is 43.2 Å². The van der Waals surface area contributed by atoms with Crippen LogP contribution in [0.25, 0.3) is 32.6 Å². The van der Waals surface area contributed by atoms with Gasteiger partial charge in [0.1, 0.15) is 22.7 Å². The average Bonchev–Trinajstić information content (AvgIpc) is 1.66. The second-order valence-corrected chi connectivity index (χ2v) is 22.7. The second kappa shape index (κ2) is 30.8. The van der Waals surface area contributed by atoms with Crippen molar-refractivity contribution >= 4 is 45.5 Å². The molecule has 0 aliphatic heterocycles. The van der Waals surface area contributed by atoms with E-state index in [0.29, 0.717) is 73.6 Å². The van der Waals surface area contributed by atoms with Crippen molar-refractivity contribution in [2.45, 2.75) is 187 Å². The van der Waals surface area contributed by atoms with Crippen molar-refractivity contribution in [2.75, 3.05) is 11.9 Å². The van der Waals surface area contributed by atoms with E-state index in [1.807, 2.05) is 66.7 Å². The molecule has 25 heteroatoms. The number of anilines is 1. The van der Waals surface area contributed by atoms with Crippen LogP contribution in [-0.4, -0.2) is 88.6 Å². The molecule has 0 radical (unpaired) electrons. The number of halogens is 3. The lowest BCUT2D eigenvalue weighted by molar-refractivity contribution is -0.136. The quantitative estimate of drug-likeness (QED) is 0.0205. The minimum absolute atomic E-state index is 0.0637. The van der Waals surface area contributed by atoms with Gasteiger partial charge in [-0.05, 0) is 137 Å². The number of pyridine rings is 4. The summed E-state index contributed by atoms with van der Waals surface area (Å²) in [6.45, 7) is 36.5. The number of nitrogens with one attached hydrogen (secondary N) is 3. The summed E-state index contributed by atoms with van der Waals surface area (Å²) in [6, 6.07) is 5.57. The summed E-state index contributed by atoms with van der Waals surface area (Å²) in [7, 11) is 0. The van der Waals surface area contributed by atoms with E-state index in [9.17, 15) is 67.5 Å². The van der Waals surface area contributed by atoms with E-state index < -0.39 is 75.1 Å². The molecule has 0 aliphatic rings. The molecule has 482 valence electrons. The van der Waals surface area contributed by atoms with Crippen LogP contribution in [0, 0.1) is 67.9 Å². The molecule has 2 amide bonds. The largest absolute Gasteiger partial charge is 0.512 e. The van der Waals surface area contributed by atoms with Crippen molar-refractivity contribution in [3.63, 3.8) is 0 Å². The lowest BCUT2D eigenvalue weighted by Gasteiger charge is -2.18. The SMILES string of the molecule is CC(C(=O)Nc1cc(C)ccn1)=C(O)C(C)C.CCC(O)c1cnc2c(C)c(O)n(C(C)C)c(=O)c2n1.Cc1cc(C)c(-n2c(=O)c(C)c(C(F)(F)F)c3c(=O)n(C(C)C(C)O)[nH]c32)c(C)c1.[C-]#[N+]c1c(C)c(C)c(O)n(C(=O)NCCCCCCC)c1=O. The Morgan fingerprint density at radius 1 is 0.764 bits per heavy atom. The summed E-state index contributed by atoms with van der Waals surface area (Å²) < 4.78 is 45.7. The fourth-order valence-electron chi connectivity index (χ4n) is 9.72. The number of aromatic hydroxyl groups is 2. The van der Waals surface area contributed by atoms with Gasteiger partial charge in [0.15, 0.2) is 11.4 Å². The van der Waals surface area contributed by atoms with Gasteiger partial charge in [-0.2, -0.15) is 13.2 Å². The summed E-state index contributed by atoms with van der Waals surface area (Å²) in [5.74, 6) is -0.282. The summed E-state index contributed by atoms with van der Waals surface area (Å²) in [5, 5.41) is 56.9. The molecule has 6 heterocycles. The third kappa shape index (κ3) is 16.6. The molecular formula is C64H84F3N11O11. The molecule has 3 atom stereocenters. The number of amides is 2. The van der Waals surface area contributed by atoms with Gasteiger partial charge in [0.05, 0.1) is 58.9 Å². The van der Waals surface area contributed by atoms with E-state index in [1.165, 1.54) is 31.0 Å². The Hall–Kier alpha value is -8.89. The Balaban J connectivity index is 0.000000260. The Labute approximate surface area is 514 Å². The molecule has 8 N–H and O–H groups in total. The van der Waals surface area contributed by atoms with Crippen LogP contribution in [0.5, 0.6) is 11.8 Å². The number of unbranched alkanes of at least 4 members (excludes halogenated alkanes) is 4. The van der Waals surface area contributed by atoms with Crippen molar-refractivity contribution in [3.8, 4) is 17.4 Å². The molecule has 6 aromatic heterocycles. The fourth-order valence-corrected chi connectivity index (χ4v) is 9.72. The van der Waals surface area contributed by atoms with Crippen molar-refractivity contribution < 1.29 is 48.3 Å². The number of aliphatic hydroxyl groups is 3. The number of alkyl halides is 3. The predicted octanol–water partition coefficient (Wildman–Crippen LogP) is 11.6. The second-order valence-electron chi connectivity index (χ2n) is 22.7. The van der Waals surface area contributed by atoms with Crippen LogP contribution in [0.1, 0.15) is 175 Å². The third-order valence-electron chi connectivity index (χ3n) is 15.1. The van der Waals surface area contributed by atoms with Crippen molar-refractivity contribution in [1.29, 1.82) is 0 Å². The van der Waals surface area contributed by atoms with Crippen LogP contribution in [0.3, 0.4) is 0 Å². The monoisotopic (exact) mass is 1240 g/mol. The Morgan fingerprint density at radius 3 is 1.90 bits per heavy atom. The number of carbonyl (C=O) groups is 2.